The maximum atomic E-state index is 11.3. The molecule has 0 amide bonds. The highest BCUT2D eigenvalue weighted by Crippen LogP contribution is 1.85. The van der Waals surface area contributed by atoms with Gasteiger partial charge in [-0.1, -0.05) is 35.8 Å². The van der Waals surface area contributed by atoms with E-state index in [9.17, 15) is 8.42 Å². The molecule has 0 spiro atoms. The maximum absolute atomic E-state index is 11.3. The Kier molecular flexibility index (Phi) is 9.01. The van der Waals surface area contributed by atoms with E-state index in [1.54, 1.807) is 24.3 Å². The van der Waals surface area contributed by atoms with Crippen molar-refractivity contribution in [3.05, 3.63) is 30.3 Å². The van der Waals surface area contributed by atoms with Crippen molar-refractivity contribution in [2.75, 3.05) is 13.2 Å². The second-order valence-electron chi connectivity index (χ2n) is 2.69. The zero-order valence-electron chi connectivity index (χ0n) is 8.55. The van der Waals surface area contributed by atoms with E-state index in [2.05, 4.69) is 4.72 Å². The van der Waals surface area contributed by atoms with Gasteiger partial charge in [-0.15, -0.1) is 0 Å². The van der Waals surface area contributed by atoms with E-state index in [-0.39, 0.29) is 24.1 Å². The molecule has 6 nitrogen and oxygen atoms in total. The number of benzene rings is 1. The van der Waals surface area contributed by atoms with Gasteiger partial charge in [-0.05, 0) is 0 Å². The van der Waals surface area contributed by atoms with Crippen LogP contribution in [0.1, 0.15) is 0 Å². The average molecular weight is 248 g/mol. The summed E-state index contributed by atoms with van der Waals surface area (Å²) in [6, 6.07) is 8.71. The lowest BCUT2D eigenvalue weighted by Crippen LogP contribution is -2.36. The summed E-state index contributed by atoms with van der Waals surface area (Å²) < 4.78 is 24.8. The number of aliphatic hydroxyl groups is 1. The van der Waals surface area contributed by atoms with Crippen molar-refractivity contribution in [1.29, 1.82) is 0 Å². The van der Waals surface area contributed by atoms with Gasteiger partial charge in [-0.25, -0.2) is 13.1 Å². The highest BCUT2D eigenvalue weighted by atomic mass is 32.2. The van der Waals surface area contributed by atoms with Crippen molar-refractivity contribution in [3.63, 3.8) is 0 Å². The number of rotatable bonds is 5. The van der Waals surface area contributed by atoms with E-state index in [0.717, 1.165) is 6.56 Å². The third-order valence-corrected chi connectivity index (χ3v) is 2.69. The lowest BCUT2D eigenvalue weighted by molar-refractivity contribution is 0.301. The van der Waals surface area contributed by atoms with Crippen LogP contribution in [0, 0.1) is 0 Å². The summed E-state index contributed by atoms with van der Waals surface area (Å²) in [7, 11) is -3.43. The van der Waals surface area contributed by atoms with Crippen LogP contribution in [0.25, 0.3) is 0 Å². The molecular formula is C8H15BNO5S. The molecule has 0 heterocycles. The van der Waals surface area contributed by atoms with E-state index in [4.69, 9.17) is 5.11 Å². The van der Waals surface area contributed by atoms with E-state index >= 15 is 0 Å². The molecule has 0 aromatic heterocycles. The minimum Gasteiger partial charge on any atom is -0.412 e. The Balaban J connectivity index is 0. The third kappa shape index (κ3) is 6.54. The van der Waals surface area contributed by atoms with Crippen molar-refractivity contribution in [3.8, 4) is 0 Å². The molecule has 16 heavy (non-hydrogen) atoms. The summed E-state index contributed by atoms with van der Waals surface area (Å²) >= 11 is 0. The van der Waals surface area contributed by atoms with Crippen LogP contribution in [0.2, 0.25) is 0 Å². The number of hydrogen-bond donors (Lipinski definition) is 2. The van der Waals surface area contributed by atoms with Gasteiger partial charge >= 0.3 is 6.56 Å². The molecular weight excluding hydrogens is 233 g/mol. The van der Waals surface area contributed by atoms with Crippen molar-refractivity contribution in [2.45, 2.75) is 0 Å². The smallest absolute Gasteiger partial charge is 0.337 e. The normalized spacial score (nSPS) is 9.81. The van der Waals surface area contributed by atoms with Gasteiger partial charge in [0.25, 0.3) is 0 Å². The first-order valence-corrected chi connectivity index (χ1v) is 5.69. The Morgan fingerprint density at radius 3 is 2.25 bits per heavy atom. The average Bonchev–Trinajstić information content (AvgIpc) is 2.16. The summed E-state index contributed by atoms with van der Waals surface area (Å²) in [6.45, 7) is 0.955. The molecule has 6 N–H and O–H groups in total. The molecule has 0 saturated carbocycles. The quantitative estimate of drug-likeness (QED) is 0.545. The molecule has 0 bridgehead atoms. The van der Waals surface area contributed by atoms with Crippen molar-refractivity contribution >= 4 is 21.9 Å². The standard InChI is InChI=1S/C8H11BNO3S.2H2O/c11-7-6-10-14(12,13)9-8-4-2-1-3-5-8;;/h1-5,10-11H,6-7H2;2*1H2. The van der Waals surface area contributed by atoms with Gasteiger partial charge in [0.1, 0.15) is 0 Å². The topological polar surface area (TPSA) is 129 Å². The van der Waals surface area contributed by atoms with Crippen LogP contribution >= 0.6 is 0 Å². The summed E-state index contributed by atoms with van der Waals surface area (Å²) in [5.41, 5.74) is 0.609. The minimum atomic E-state index is -3.43. The molecule has 0 saturated heterocycles. The van der Waals surface area contributed by atoms with Gasteiger partial charge in [0, 0.05) is 6.54 Å². The molecule has 0 aliphatic heterocycles. The first-order valence-electron chi connectivity index (χ1n) is 4.14. The maximum Gasteiger partial charge on any atom is 0.337 e. The van der Waals surface area contributed by atoms with Crippen molar-refractivity contribution in [2.24, 2.45) is 0 Å². The van der Waals surface area contributed by atoms with Gasteiger partial charge in [0.15, 0.2) is 9.87 Å². The largest absolute Gasteiger partial charge is 0.412 e. The first kappa shape index (κ1) is 17.5. The second kappa shape index (κ2) is 8.25. The van der Waals surface area contributed by atoms with Gasteiger partial charge in [0.05, 0.1) is 6.61 Å². The molecule has 8 heteroatoms. The van der Waals surface area contributed by atoms with E-state index in [0.29, 0.717) is 5.46 Å². The summed E-state index contributed by atoms with van der Waals surface area (Å²) in [5.74, 6) is 0. The Morgan fingerprint density at radius 1 is 1.19 bits per heavy atom. The zero-order chi connectivity index (χ0) is 10.4. The lowest BCUT2D eigenvalue weighted by Gasteiger charge is -2.03. The molecule has 1 radical (unpaired) electrons. The summed E-state index contributed by atoms with van der Waals surface area (Å²) in [5, 5.41) is 8.45. The van der Waals surface area contributed by atoms with Gasteiger partial charge < -0.3 is 16.1 Å². The van der Waals surface area contributed by atoms with Crippen LogP contribution in [-0.2, 0) is 9.87 Å². The first-order chi connectivity index (χ1) is 6.64. The van der Waals surface area contributed by atoms with Crippen LogP contribution in [0.3, 0.4) is 0 Å². The fourth-order valence-electron chi connectivity index (χ4n) is 0.940. The van der Waals surface area contributed by atoms with Crippen LogP contribution < -0.4 is 10.2 Å². The van der Waals surface area contributed by atoms with Crippen molar-refractivity contribution in [1.82, 2.24) is 4.72 Å². The summed E-state index contributed by atoms with van der Waals surface area (Å²) in [6.07, 6.45) is 0. The lowest BCUT2D eigenvalue weighted by atomic mass is 9.95. The van der Waals surface area contributed by atoms with Gasteiger partial charge in [0.2, 0.25) is 0 Å². The van der Waals surface area contributed by atoms with Gasteiger partial charge in [-0.3, -0.25) is 0 Å². The Hall–Kier alpha value is -0.925. The molecule has 0 unspecified atom stereocenters. The van der Waals surface area contributed by atoms with E-state index < -0.39 is 9.87 Å². The number of nitrogens with one attached hydrogen (secondary N) is 1. The molecule has 0 fully saturated rings. The second-order valence-corrected chi connectivity index (χ2v) is 4.31. The fraction of sp³-hybridized carbons (Fsp3) is 0.250. The fourth-order valence-corrected chi connectivity index (χ4v) is 1.91. The molecule has 0 aliphatic rings. The predicted molar refractivity (Wildman–Crippen MR) is 63.1 cm³/mol. The van der Waals surface area contributed by atoms with Crippen molar-refractivity contribution < 1.29 is 24.5 Å². The predicted octanol–water partition coefficient (Wildman–Crippen LogP) is -2.81. The SMILES string of the molecule is O.O.O=S(=O)([B]c1ccccc1)NCCO. The monoisotopic (exact) mass is 248 g/mol. The van der Waals surface area contributed by atoms with E-state index in [1.807, 2.05) is 6.07 Å². The van der Waals surface area contributed by atoms with Crippen LogP contribution in [0.4, 0.5) is 0 Å². The minimum absolute atomic E-state index is 0. The molecule has 91 valence electrons. The Morgan fingerprint density at radius 2 is 1.75 bits per heavy atom. The highest BCUT2D eigenvalue weighted by molar-refractivity contribution is 8.14. The number of aliphatic hydroxyl groups excluding tert-OH is 1. The van der Waals surface area contributed by atoms with E-state index in [1.165, 1.54) is 0 Å². The van der Waals surface area contributed by atoms with Crippen LogP contribution in [-0.4, -0.2) is 44.2 Å². The third-order valence-electron chi connectivity index (χ3n) is 1.51. The molecule has 0 atom stereocenters. The molecule has 1 rings (SSSR count). The molecule has 1 aromatic carbocycles. The zero-order valence-corrected chi connectivity index (χ0v) is 9.37. The van der Waals surface area contributed by atoms with Crippen LogP contribution in [0.5, 0.6) is 0 Å². The molecule has 0 aliphatic carbocycles. The highest BCUT2D eigenvalue weighted by Gasteiger charge is 2.12. The Bertz CT molecular complexity index is 369. The number of hydrogen-bond acceptors (Lipinski definition) is 3. The van der Waals surface area contributed by atoms with Crippen LogP contribution in [0.15, 0.2) is 30.3 Å². The molecule has 1 aromatic rings. The summed E-state index contributed by atoms with van der Waals surface area (Å²) in [4.78, 5) is 0. The van der Waals surface area contributed by atoms with Gasteiger partial charge in [-0.2, -0.15) is 0 Å². The Labute approximate surface area is 95.1 Å².